The van der Waals surface area contributed by atoms with Crippen LogP contribution in [0.5, 0.6) is 0 Å². The first-order valence-electron chi connectivity index (χ1n) is 7.24. The molecule has 1 atom stereocenters. The highest BCUT2D eigenvalue weighted by molar-refractivity contribution is 5.19. The molecule has 20 heavy (non-hydrogen) atoms. The van der Waals surface area contributed by atoms with Gasteiger partial charge in [0.1, 0.15) is 0 Å². The van der Waals surface area contributed by atoms with E-state index in [2.05, 4.69) is 47.8 Å². The van der Waals surface area contributed by atoms with Gasteiger partial charge in [-0.25, -0.2) is 0 Å². The molecule has 0 amide bonds. The van der Waals surface area contributed by atoms with Gasteiger partial charge in [-0.2, -0.15) is 5.10 Å². The van der Waals surface area contributed by atoms with Gasteiger partial charge in [0.2, 0.25) is 0 Å². The molecule has 1 unspecified atom stereocenters. The van der Waals surface area contributed by atoms with Crippen LogP contribution in [-0.2, 0) is 13.1 Å². The van der Waals surface area contributed by atoms with E-state index in [4.69, 9.17) is 5.11 Å². The van der Waals surface area contributed by atoms with Gasteiger partial charge in [-0.05, 0) is 25.3 Å². The van der Waals surface area contributed by atoms with Crippen LogP contribution in [0.15, 0.2) is 42.7 Å². The van der Waals surface area contributed by atoms with E-state index >= 15 is 0 Å². The first-order chi connectivity index (χ1) is 9.83. The van der Waals surface area contributed by atoms with Gasteiger partial charge >= 0.3 is 0 Å². The van der Waals surface area contributed by atoms with Gasteiger partial charge in [-0.3, -0.25) is 4.68 Å². The van der Waals surface area contributed by atoms with Crippen LogP contribution in [-0.4, -0.2) is 21.5 Å². The zero-order valence-corrected chi connectivity index (χ0v) is 12.0. The molecule has 0 aliphatic carbocycles. The van der Waals surface area contributed by atoms with Gasteiger partial charge in [0, 0.05) is 37.5 Å². The summed E-state index contributed by atoms with van der Waals surface area (Å²) in [6, 6.07) is 10.7. The molecule has 2 aromatic rings. The number of aliphatic hydroxyl groups is 1. The lowest BCUT2D eigenvalue weighted by molar-refractivity contribution is 0.275. The molecule has 1 aromatic heterocycles. The molecule has 0 aliphatic rings. The van der Waals surface area contributed by atoms with Crippen molar-refractivity contribution in [1.82, 2.24) is 15.1 Å². The maximum absolute atomic E-state index is 9.04. The van der Waals surface area contributed by atoms with Crippen LogP contribution in [0.3, 0.4) is 0 Å². The van der Waals surface area contributed by atoms with Crippen molar-refractivity contribution in [3.8, 4) is 0 Å². The van der Waals surface area contributed by atoms with E-state index in [1.165, 1.54) is 11.1 Å². The monoisotopic (exact) mass is 273 g/mol. The van der Waals surface area contributed by atoms with Gasteiger partial charge in [-0.1, -0.05) is 30.3 Å². The molecule has 0 bridgehead atoms. The summed E-state index contributed by atoms with van der Waals surface area (Å²) in [4.78, 5) is 0. The summed E-state index contributed by atoms with van der Waals surface area (Å²) in [7, 11) is 0. The maximum Gasteiger partial charge on any atom is 0.0534 e. The highest BCUT2D eigenvalue weighted by Gasteiger charge is 2.10. The van der Waals surface area contributed by atoms with Crippen molar-refractivity contribution >= 4 is 0 Å². The Bertz CT molecular complexity index is 495. The number of hydrogen-bond acceptors (Lipinski definition) is 3. The summed E-state index contributed by atoms with van der Waals surface area (Å²) in [6.45, 7) is 4.01. The number of benzene rings is 1. The number of aliphatic hydroxyl groups excluding tert-OH is 1. The van der Waals surface area contributed by atoms with Crippen LogP contribution >= 0.6 is 0 Å². The zero-order valence-electron chi connectivity index (χ0n) is 12.0. The van der Waals surface area contributed by atoms with E-state index in [0.717, 1.165) is 25.9 Å². The normalized spacial score (nSPS) is 12.5. The maximum atomic E-state index is 9.04. The van der Waals surface area contributed by atoms with E-state index in [-0.39, 0.29) is 12.6 Å². The summed E-state index contributed by atoms with van der Waals surface area (Å²) < 4.78 is 1.93. The third kappa shape index (κ3) is 4.18. The Morgan fingerprint density at radius 2 is 2.10 bits per heavy atom. The van der Waals surface area contributed by atoms with Gasteiger partial charge < -0.3 is 10.4 Å². The topological polar surface area (TPSA) is 50.1 Å². The first-order valence-corrected chi connectivity index (χ1v) is 7.24. The fraction of sp³-hybridized carbons (Fsp3) is 0.438. The Morgan fingerprint density at radius 3 is 2.75 bits per heavy atom. The average molecular weight is 273 g/mol. The van der Waals surface area contributed by atoms with E-state index in [9.17, 15) is 0 Å². The molecule has 0 saturated carbocycles. The number of rotatable bonds is 8. The molecule has 0 saturated heterocycles. The van der Waals surface area contributed by atoms with Crippen molar-refractivity contribution < 1.29 is 5.11 Å². The minimum Gasteiger partial charge on any atom is -0.396 e. The van der Waals surface area contributed by atoms with Crippen LogP contribution in [0.1, 0.15) is 36.9 Å². The lowest BCUT2D eigenvalue weighted by Gasteiger charge is -2.18. The number of hydrogen-bond donors (Lipinski definition) is 2. The summed E-state index contributed by atoms with van der Waals surface area (Å²) >= 11 is 0. The van der Waals surface area contributed by atoms with Gasteiger partial charge in [0.25, 0.3) is 0 Å². The Hall–Kier alpha value is -1.65. The van der Waals surface area contributed by atoms with Gasteiger partial charge in [0.15, 0.2) is 0 Å². The predicted molar refractivity (Wildman–Crippen MR) is 80.2 cm³/mol. The highest BCUT2D eigenvalue weighted by Crippen LogP contribution is 2.18. The lowest BCUT2D eigenvalue weighted by atomic mass is 10.0. The van der Waals surface area contributed by atoms with Crippen molar-refractivity contribution in [3.05, 3.63) is 53.9 Å². The third-order valence-corrected chi connectivity index (χ3v) is 3.42. The SMILES string of the molecule is CCn1cc(CNC(CCCO)c2ccccc2)cn1. The van der Waals surface area contributed by atoms with Crippen molar-refractivity contribution in [2.75, 3.05) is 6.61 Å². The first kappa shape index (κ1) is 14.8. The largest absolute Gasteiger partial charge is 0.396 e. The molecule has 0 radical (unpaired) electrons. The smallest absolute Gasteiger partial charge is 0.0534 e. The second kappa shape index (κ2) is 7.82. The summed E-state index contributed by atoms with van der Waals surface area (Å²) in [5.74, 6) is 0. The third-order valence-electron chi connectivity index (χ3n) is 3.42. The Labute approximate surface area is 120 Å². The second-order valence-corrected chi connectivity index (χ2v) is 4.91. The standard InChI is InChI=1S/C16H23N3O/c1-2-19-13-14(12-18-19)11-17-16(9-6-10-20)15-7-4-3-5-8-15/h3-5,7-8,12-13,16-17,20H,2,6,9-11H2,1H3. The second-order valence-electron chi connectivity index (χ2n) is 4.91. The van der Waals surface area contributed by atoms with Gasteiger partial charge in [-0.15, -0.1) is 0 Å². The summed E-state index contributed by atoms with van der Waals surface area (Å²) in [5.41, 5.74) is 2.46. The molecular weight excluding hydrogens is 250 g/mol. The molecular formula is C16H23N3O. The number of aromatic nitrogens is 2. The number of nitrogens with zero attached hydrogens (tertiary/aromatic N) is 2. The van der Waals surface area contributed by atoms with Crippen molar-refractivity contribution in [2.24, 2.45) is 0 Å². The van der Waals surface area contributed by atoms with Crippen molar-refractivity contribution in [1.29, 1.82) is 0 Å². The Balaban J connectivity index is 1.97. The van der Waals surface area contributed by atoms with Crippen LogP contribution in [0.25, 0.3) is 0 Å². The van der Waals surface area contributed by atoms with E-state index < -0.39 is 0 Å². The molecule has 108 valence electrons. The Kier molecular flexibility index (Phi) is 5.77. The van der Waals surface area contributed by atoms with E-state index in [1.54, 1.807) is 0 Å². The molecule has 2 rings (SSSR count). The molecule has 0 aliphatic heterocycles. The highest BCUT2D eigenvalue weighted by atomic mass is 16.2. The molecule has 2 N–H and O–H groups in total. The molecule has 1 heterocycles. The lowest BCUT2D eigenvalue weighted by Crippen LogP contribution is -2.21. The molecule has 1 aromatic carbocycles. The fourth-order valence-corrected chi connectivity index (χ4v) is 2.28. The van der Waals surface area contributed by atoms with E-state index in [0.29, 0.717) is 0 Å². The molecule has 0 spiro atoms. The zero-order chi connectivity index (χ0) is 14.2. The molecule has 4 nitrogen and oxygen atoms in total. The van der Waals surface area contributed by atoms with Crippen molar-refractivity contribution in [2.45, 2.75) is 38.9 Å². The summed E-state index contributed by atoms with van der Waals surface area (Å²) in [5, 5.41) is 16.9. The number of nitrogens with one attached hydrogen (secondary N) is 1. The van der Waals surface area contributed by atoms with Crippen molar-refractivity contribution in [3.63, 3.8) is 0 Å². The molecule has 4 heteroatoms. The van der Waals surface area contributed by atoms with Crippen LogP contribution in [0.2, 0.25) is 0 Å². The van der Waals surface area contributed by atoms with Crippen LogP contribution in [0.4, 0.5) is 0 Å². The fourth-order valence-electron chi connectivity index (χ4n) is 2.28. The number of aryl methyl sites for hydroxylation is 1. The molecule has 0 fully saturated rings. The minimum atomic E-state index is 0.235. The van der Waals surface area contributed by atoms with E-state index in [1.807, 2.05) is 16.9 Å². The predicted octanol–water partition coefficient (Wildman–Crippen LogP) is 2.51. The van der Waals surface area contributed by atoms with Crippen LogP contribution < -0.4 is 5.32 Å². The average Bonchev–Trinajstić information content (AvgIpc) is 2.96. The summed E-state index contributed by atoms with van der Waals surface area (Å²) in [6.07, 6.45) is 5.72. The Morgan fingerprint density at radius 1 is 1.30 bits per heavy atom. The quantitative estimate of drug-likeness (QED) is 0.777. The van der Waals surface area contributed by atoms with Crippen LogP contribution in [0, 0.1) is 0 Å². The van der Waals surface area contributed by atoms with Gasteiger partial charge in [0.05, 0.1) is 6.20 Å². The minimum absolute atomic E-state index is 0.235.